The molecule has 4 aromatic rings. The Bertz CT molecular complexity index is 1290. The first-order chi connectivity index (χ1) is 14.6. The molecule has 0 spiro atoms. The zero-order valence-electron chi connectivity index (χ0n) is 16.3. The number of aromatic nitrogens is 4. The predicted molar refractivity (Wildman–Crippen MR) is 117 cm³/mol. The van der Waals surface area contributed by atoms with E-state index in [1.807, 2.05) is 24.4 Å². The third-order valence-electron chi connectivity index (χ3n) is 6.01. The van der Waals surface area contributed by atoms with E-state index in [1.165, 1.54) is 0 Å². The van der Waals surface area contributed by atoms with Crippen LogP contribution in [0.2, 0.25) is 5.15 Å². The van der Waals surface area contributed by atoms with Crippen molar-refractivity contribution < 1.29 is 5.11 Å². The first kappa shape index (κ1) is 19.2. The van der Waals surface area contributed by atoms with Crippen molar-refractivity contribution in [2.24, 2.45) is 0 Å². The molecule has 0 amide bonds. The molecule has 1 saturated carbocycles. The Labute approximate surface area is 178 Å². The monoisotopic (exact) mass is 420 g/mol. The van der Waals surface area contributed by atoms with Crippen LogP contribution in [-0.2, 0) is 6.42 Å². The fourth-order valence-corrected chi connectivity index (χ4v) is 4.58. The van der Waals surface area contributed by atoms with Gasteiger partial charge >= 0.3 is 0 Å². The summed E-state index contributed by atoms with van der Waals surface area (Å²) in [6, 6.07) is 7.28. The van der Waals surface area contributed by atoms with E-state index in [0.717, 1.165) is 41.2 Å². The number of pyridine rings is 2. The number of aliphatic hydroxyl groups is 1. The molecule has 3 heterocycles. The van der Waals surface area contributed by atoms with Crippen LogP contribution in [0.25, 0.3) is 21.7 Å². The molecule has 0 unspecified atom stereocenters. The Hall–Kier alpha value is -2.83. The maximum atomic E-state index is 13.4. The zero-order chi connectivity index (χ0) is 20.7. The summed E-state index contributed by atoms with van der Waals surface area (Å²) < 4.78 is 1.62. The van der Waals surface area contributed by atoms with Crippen LogP contribution in [0.5, 0.6) is 0 Å². The van der Waals surface area contributed by atoms with Gasteiger partial charge in [0.15, 0.2) is 0 Å². The van der Waals surface area contributed by atoms with Gasteiger partial charge in [-0.3, -0.25) is 14.3 Å². The van der Waals surface area contributed by atoms with Crippen LogP contribution in [0.3, 0.4) is 0 Å². The number of nitrogens with zero attached hydrogens (tertiary/aromatic N) is 4. The van der Waals surface area contributed by atoms with Gasteiger partial charge < -0.3 is 5.11 Å². The predicted octanol–water partition coefficient (Wildman–Crippen LogP) is 4.06. The van der Waals surface area contributed by atoms with E-state index in [1.54, 1.807) is 29.4 Å². The Morgan fingerprint density at radius 2 is 1.93 bits per heavy atom. The van der Waals surface area contributed by atoms with Crippen LogP contribution < -0.4 is 5.56 Å². The highest BCUT2D eigenvalue weighted by atomic mass is 35.5. The summed E-state index contributed by atoms with van der Waals surface area (Å²) in [5.41, 5.74) is 2.53. The van der Waals surface area contributed by atoms with E-state index >= 15 is 0 Å². The first-order valence-electron chi connectivity index (χ1n) is 10.2. The van der Waals surface area contributed by atoms with Crippen LogP contribution in [0.15, 0.2) is 54.0 Å². The van der Waals surface area contributed by atoms with Crippen molar-refractivity contribution in [3.63, 3.8) is 0 Å². The number of hydrogen-bond donors (Lipinski definition) is 1. The van der Waals surface area contributed by atoms with Crippen molar-refractivity contribution >= 4 is 33.3 Å². The molecular formula is C23H21ClN4O2. The summed E-state index contributed by atoms with van der Waals surface area (Å²) in [6.07, 6.45) is 10.4. The minimum Gasteiger partial charge on any atom is -0.391 e. The summed E-state index contributed by atoms with van der Waals surface area (Å²) in [5, 5.41) is 13.3. The summed E-state index contributed by atoms with van der Waals surface area (Å²) in [5.74, 6) is 0. The van der Waals surface area contributed by atoms with Gasteiger partial charge in [0, 0.05) is 29.4 Å². The van der Waals surface area contributed by atoms with Gasteiger partial charge in [0.25, 0.3) is 5.56 Å². The molecule has 6 nitrogen and oxygen atoms in total. The van der Waals surface area contributed by atoms with Gasteiger partial charge in [-0.2, -0.15) is 0 Å². The van der Waals surface area contributed by atoms with Crippen LogP contribution in [0, 0.1) is 0 Å². The smallest absolute Gasteiger partial charge is 0.261 e. The van der Waals surface area contributed by atoms with Crippen LogP contribution >= 0.6 is 11.6 Å². The Balaban J connectivity index is 1.70. The van der Waals surface area contributed by atoms with Crippen LogP contribution in [-0.4, -0.2) is 30.7 Å². The van der Waals surface area contributed by atoms with E-state index in [-0.39, 0.29) is 11.6 Å². The number of benzene rings is 1. The fourth-order valence-electron chi connectivity index (χ4n) is 4.47. The van der Waals surface area contributed by atoms with Crippen LogP contribution in [0.4, 0.5) is 0 Å². The molecule has 1 fully saturated rings. The van der Waals surface area contributed by atoms with Crippen molar-refractivity contribution in [3.8, 4) is 0 Å². The number of aliphatic hydroxyl groups excluding tert-OH is 1. The molecule has 0 aliphatic heterocycles. The highest BCUT2D eigenvalue weighted by Gasteiger charge is 2.26. The third kappa shape index (κ3) is 3.36. The second-order valence-corrected chi connectivity index (χ2v) is 8.28. The van der Waals surface area contributed by atoms with Gasteiger partial charge in [-0.1, -0.05) is 30.5 Å². The van der Waals surface area contributed by atoms with Gasteiger partial charge in [-0.15, -0.1) is 0 Å². The number of hydrogen-bond acceptors (Lipinski definition) is 5. The van der Waals surface area contributed by atoms with Crippen molar-refractivity contribution in [1.82, 2.24) is 19.5 Å². The third-order valence-corrected chi connectivity index (χ3v) is 6.23. The first-order valence-corrected chi connectivity index (χ1v) is 10.5. The molecular weight excluding hydrogens is 400 g/mol. The summed E-state index contributed by atoms with van der Waals surface area (Å²) in [4.78, 5) is 26.5. The lowest BCUT2D eigenvalue weighted by Crippen LogP contribution is -2.34. The highest BCUT2D eigenvalue weighted by molar-refractivity contribution is 6.29. The standard InChI is InChI=1S/C23H21ClN4O2/c24-21-6-5-14(11-26-21)9-15-10-17-22(16-7-8-25-12-18(15)16)27-13-28(23(17)30)19-3-1-2-4-20(19)29/h5-8,10-13,19-20,29H,1-4,9H2/t19-,20-/m0/s1. The highest BCUT2D eigenvalue weighted by Crippen LogP contribution is 2.30. The van der Waals surface area contributed by atoms with Crippen molar-refractivity contribution in [1.29, 1.82) is 0 Å². The molecule has 30 heavy (non-hydrogen) atoms. The number of halogens is 1. The fraction of sp³-hybridized carbons (Fsp3) is 0.304. The minimum absolute atomic E-state index is 0.111. The van der Waals surface area contributed by atoms with Gasteiger partial charge in [-0.05, 0) is 48.6 Å². The van der Waals surface area contributed by atoms with Crippen molar-refractivity contribution in [2.45, 2.75) is 44.2 Å². The van der Waals surface area contributed by atoms with E-state index in [2.05, 4.69) is 15.0 Å². The molecule has 5 rings (SSSR count). The molecule has 1 aliphatic rings. The average molecular weight is 421 g/mol. The Morgan fingerprint density at radius 1 is 1.07 bits per heavy atom. The molecule has 1 aromatic carbocycles. The molecule has 1 aliphatic carbocycles. The molecule has 2 atom stereocenters. The molecule has 0 radical (unpaired) electrons. The summed E-state index contributed by atoms with van der Waals surface area (Å²) in [7, 11) is 0. The van der Waals surface area contributed by atoms with E-state index in [0.29, 0.717) is 28.9 Å². The Kier molecular flexibility index (Phi) is 4.97. The molecule has 0 saturated heterocycles. The topological polar surface area (TPSA) is 80.9 Å². The van der Waals surface area contributed by atoms with Gasteiger partial charge in [-0.25, -0.2) is 9.97 Å². The SMILES string of the molecule is O=c1c2cc(Cc3ccc(Cl)nc3)c3cnccc3c2ncn1[C@H]1CCCC[C@@H]1O. The summed E-state index contributed by atoms with van der Waals surface area (Å²) in [6.45, 7) is 0. The average Bonchev–Trinajstić information content (AvgIpc) is 2.77. The van der Waals surface area contributed by atoms with Gasteiger partial charge in [0.05, 0.1) is 29.4 Å². The quantitative estimate of drug-likeness (QED) is 0.399. The Morgan fingerprint density at radius 3 is 2.73 bits per heavy atom. The molecule has 7 heteroatoms. The normalized spacial score (nSPS) is 19.4. The van der Waals surface area contributed by atoms with E-state index in [9.17, 15) is 9.90 Å². The number of fused-ring (bicyclic) bond motifs is 3. The maximum absolute atomic E-state index is 13.4. The minimum atomic E-state index is -0.514. The maximum Gasteiger partial charge on any atom is 0.261 e. The summed E-state index contributed by atoms with van der Waals surface area (Å²) >= 11 is 5.92. The largest absolute Gasteiger partial charge is 0.391 e. The van der Waals surface area contributed by atoms with E-state index < -0.39 is 6.10 Å². The lowest BCUT2D eigenvalue weighted by Gasteiger charge is -2.29. The van der Waals surface area contributed by atoms with Crippen molar-refractivity contribution in [3.05, 3.63) is 75.8 Å². The van der Waals surface area contributed by atoms with Crippen LogP contribution in [0.1, 0.15) is 42.9 Å². The van der Waals surface area contributed by atoms with Crippen molar-refractivity contribution in [2.75, 3.05) is 0 Å². The molecule has 3 aromatic heterocycles. The number of rotatable bonds is 3. The van der Waals surface area contributed by atoms with Gasteiger partial charge in [0.1, 0.15) is 5.15 Å². The molecule has 152 valence electrons. The van der Waals surface area contributed by atoms with Gasteiger partial charge in [0.2, 0.25) is 0 Å². The lowest BCUT2D eigenvalue weighted by atomic mass is 9.92. The second-order valence-electron chi connectivity index (χ2n) is 7.90. The molecule has 1 N–H and O–H groups in total. The molecule has 0 bridgehead atoms. The second kappa shape index (κ2) is 7.78. The zero-order valence-corrected chi connectivity index (χ0v) is 17.1. The van der Waals surface area contributed by atoms with E-state index in [4.69, 9.17) is 11.6 Å². The lowest BCUT2D eigenvalue weighted by molar-refractivity contribution is 0.0735.